The van der Waals surface area contributed by atoms with Crippen LogP contribution < -0.4 is 10.6 Å². The number of oxime groups is 1. The Balaban J connectivity index is 3.69. The summed E-state index contributed by atoms with van der Waals surface area (Å²) in [6.07, 6.45) is 3.47. The third-order valence-corrected chi connectivity index (χ3v) is 2.84. The Morgan fingerprint density at radius 1 is 1.40 bits per heavy atom. The highest BCUT2D eigenvalue weighted by Crippen LogP contribution is 2.02. The Morgan fingerprint density at radius 2 is 2.10 bits per heavy atom. The third kappa shape index (κ3) is 9.45. The minimum Gasteiger partial charge on any atom is -0.480 e. The number of hydrogen-bond acceptors (Lipinski definition) is 7. The van der Waals surface area contributed by atoms with E-state index < -0.39 is 12.0 Å². The fourth-order valence-electron chi connectivity index (χ4n) is 1.38. The van der Waals surface area contributed by atoms with E-state index in [4.69, 9.17) is 15.1 Å². The van der Waals surface area contributed by atoms with E-state index in [1.54, 1.807) is 6.26 Å². The van der Waals surface area contributed by atoms with Crippen molar-refractivity contribution in [2.24, 2.45) is 5.16 Å². The van der Waals surface area contributed by atoms with E-state index in [1.807, 2.05) is 0 Å². The smallest absolute Gasteiger partial charge is 0.368 e. The van der Waals surface area contributed by atoms with Gasteiger partial charge in [-0.3, -0.25) is 5.32 Å². The van der Waals surface area contributed by atoms with Gasteiger partial charge in [-0.2, -0.15) is 0 Å². The maximum absolute atomic E-state index is 11.0. The van der Waals surface area contributed by atoms with Crippen molar-refractivity contribution >= 4 is 28.9 Å². The number of rotatable bonds is 9. The molecule has 0 aliphatic carbocycles. The first-order chi connectivity index (χ1) is 9.51. The molecular formula is C11H21N3O5S. The van der Waals surface area contributed by atoms with Crippen LogP contribution in [-0.4, -0.2) is 53.0 Å². The molecule has 0 aromatic heterocycles. The quantitative estimate of drug-likeness (QED) is 0.0949. The van der Waals surface area contributed by atoms with Crippen LogP contribution in [0.5, 0.6) is 0 Å². The van der Waals surface area contributed by atoms with Gasteiger partial charge in [0, 0.05) is 0 Å². The molecule has 116 valence electrons. The Kier molecular flexibility index (Phi) is 10.5. The largest absolute Gasteiger partial charge is 0.480 e. The maximum atomic E-state index is 11.0. The predicted molar refractivity (Wildman–Crippen MR) is 76.2 cm³/mol. The molecule has 0 radical (unpaired) electrons. The second kappa shape index (κ2) is 11.4. The van der Waals surface area contributed by atoms with Crippen LogP contribution in [0.25, 0.3) is 0 Å². The van der Waals surface area contributed by atoms with Gasteiger partial charge < -0.3 is 20.4 Å². The van der Waals surface area contributed by atoms with Crippen molar-refractivity contribution in [2.75, 3.05) is 19.5 Å². The molecule has 0 heterocycles. The van der Waals surface area contributed by atoms with Crippen molar-refractivity contribution in [3.05, 3.63) is 0 Å². The molecule has 0 aliphatic heterocycles. The molecule has 0 unspecified atom stereocenters. The highest BCUT2D eigenvalue weighted by atomic mass is 32.2. The highest BCUT2D eigenvalue weighted by molar-refractivity contribution is 8.12. The van der Waals surface area contributed by atoms with Crippen molar-refractivity contribution in [3.8, 4) is 0 Å². The van der Waals surface area contributed by atoms with Crippen LogP contribution in [0.3, 0.4) is 0 Å². The number of nitrogens with one attached hydrogen (secondary N) is 2. The molecule has 9 heteroatoms. The van der Waals surface area contributed by atoms with Crippen LogP contribution in [0.4, 0.5) is 4.79 Å². The van der Waals surface area contributed by atoms with E-state index in [-0.39, 0.29) is 17.9 Å². The first kappa shape index (κ1) is 18.5. The summed E-state index contributed by atoms with van der Waals surface area (Å²) in [4.78, 5) is 21.7. The van der Waals surface area contributed by atoms with Crippen molar-refractivity contribution in [1.82, 2.24) is 10.6 Å². The number of hydrogen-bond donors (Lipinski definition) is 4. The van der Waals surface area contributed by atoms with Crippen molar-refractivity contribution in [1.29, 1.82) is 0 Å². The Labute approximate surface area is 121 Å². The van der Waals surface area contributed by atoms with Crippen LogP contribution in [0, 0.1) is 0 Å². The van der Waals surface area contributed by atoms with E-state index in [0.29, 0.717) is 19.4 Å². The van der Waals surface area contributed by atoms with Gasteiger partial charge >= 0.3 is 11.3 Å². The van der Waals surface area contributed by atoms with E-state index in [0.717, 1.165) is 18.2 Å². The van der Waals surface area contributed by atoms with Gasteiger partial charge in [0.15, 0.2) is 0 Å². The molecule has 0 rings (SSSR count). The van der Waals surface area contributed by atoms with Crippen molar-refractivity contribution in [3.63, 3.8) is 0 Å². The number of carboxylic acids is 1. The Bertz CT molecular complexity index is 338. The summed E-state index contributed by atoms with van der Waals surface area (Å²) in [7, 11) is 0. The standard InChI is InChI=1S/C11H21N3O5S/c1-8(14-18)13-9(10(15)16)5-3-4-6-12-7-19-11(17)20-2/h9,12,18H,3-7H2,1-2H3,(H,13,14)(H,15,16)/t9-/m0/s1. The van der Waals surface area contributed by atoms with Crippen LogP contribution in [-0.2, 0) is 9.53 Å². The number of nitrogens with zero attached hydrogens (tertiary/aromatic N) is 1. The number of carbonyl (C=O) groups is 2. The number of carboxylic acid groups (broad SMARTS) is 1. The molecule has 1 atom stereocenters. The van der Waals surface area contributed by atoms with Crippen LogP contribution in [0.2, 0.25) is 0 Å². The lowest BCUT2D eigenvalue weighted by atomic mass is 10.1. The Morgan fingerprint density at radius 3 is 2.65 bits per heavy atom. The van der Waals surface area contributed by atoms with Gasteiger partial charge in [-0.05, 0) is 50.7 Å². The second-order valence-electron chi connectivity index (χ2n) is 3.96. The molecule has 0 aromatic rings. The number of ether oxygens (including phenoxy) is 1. The average molecular weight is 307 g/mol. The lowest BCUT2D eigenvalue weighted by molar-refractivity contribution is -0.139. The SMILES string of the molecule is CSC(=O)OCNCCCC[C@H](N/C(C)=N/O)C(=O)O. The Hall–Kier alpha value is -1.48. The molecule has 8 nitrogen and oxygen atoms in total. The molecule has 20 heavy (non-hydrogen) atoms. The van der Waals surface area contributed by atoms with Crippen LogP contribution in [0.1, 0.15) is 26.2 Å². The van der Waals surface area contributed by atoms with Gasteiger partial charge in [0.05, 0.1) is 0 Å². The number of thioether (sulfide) groups is 1. The lowest BCUT2D eigenvalue weighted by Gasteiger charge is -2.14. The summed E-state index contributed by atoms with van der Waals surface area (Å²) in [6.45, 7) is 2.26. The summed E-state index contributed by atoms with van der Waals surface area (Å²) in [6, 6.07) is -0.778. The molecule has 0 fully saturated rings. The normalized spacial score (nSPS) is 12.8. The van der Waals surface area contributed by atoms with Gasteiger partial charge in [-0.1, -0.05) is 5.16 Å². The highest BCUT2D eigenvalue weighted by Gasteiger charge is 2.16. The molecular weight excluding hydrogens is 286 g/mol. The molecule has 4 N–H and O–H groups in total. The molecule has 0 spiro atoms. The number of unbranched alkanes of at least 4 members (excludes halogenated alkanes) is 1. The summed E-state index contributed by atoms with van der Waals surface area (Å²) >= 11 is 1.00. The van der Waals surface area contributed by atoms with Crippen molar-refractivity contribution in [2.45, 2.75) is 32.2 Å². The number of carbonyl (C=O) groups excluding carboxylic acids is 1. The molecule has 0 saturated carbocycles. The minimum absolute atomic E-state index is 0.149. The zero-order chi connectivity index (χ0) is 15.4. The van der Waals surface area contributed by atoms with Crippen LogP contribution in [0.15, 0.2) is 5.16 Å². The van der Waals surface area contributed by atoms with Gasteiger partial charge in [0.2, 0.25) is 0 Å². The number of aliphatic carboxylic acids is 1. The maximum Gasteiger partial charge on any atom is 0.368 e. The predicted octanol–water partition coefficient (Wildman–Crippen LogP) is 1.05. The van der Waals surface area contributed by atoms with Gasteiger partial charge in [0.1, 0.15) is 18.6 Å². The summed E-state index contributed by atoms with van der Waals surface area (Å²) in [5, 5.41) is 25.5. The van der Waals surface area contributed by atoms with Gasteiger partial charge in [-0.15, -0.1) is 0 Å². The molecule has 0 aromatic carbocycles. The zero-order valence-electron chi connectivity index (χ0n) is 11.6. The average Bonchev–Trinajstić information content (AvgIpc) is 2.43. The molecule has 0 aliphatic rings. The number of amidine groups is 1. The van der Waals surface area contributed by atoms with Crippen LogP contribution >= 0.6 is 11.8 Å². The van der Waals surface area contributed by atoms with E-state index in [1.165, 1.54) is 6.92 Å². The monoisotopic (exact) mass is 307 g/mol. The zero-order valence-corrected chi connectivity index (χ0v) is 12.4. The first-order valence-electron chi connectivity index (χ1n) is 6.10. The van der Waals surface area contributed by atoms with E-state index >= 15 is 0 Å². The fraction of sp³-hybridized carbons (Fsp3) is 0.727. The minimum atomic E-state index is -0.991. The van der Waals surface area contributed by atoms with Gasteiger partial charge in [-0.25, -0.2) is 9.59 Å². The summed E-state index contributed by atoms with van der Waals surface area (Å²) < 4.78 is 4.79. The molecule has 0 amide bonds. The molecule has 0 saturated heterocycles. The lowest BCUT2D eigenvalue weighted by Crippen LogP contribution is -2.39. The van der Waals surface area contributed by atoms with E-state index in [9.17, 15) is 9.59 Å². The summed E-state index contributed by atoms with van der Waals surface area (Å²) in [5.74, 6) is -0.825. The first-order valence-corrected chi connectivity index (χ1v) is 7.33. The molecule has 0 bridgehead atoms. The second-order valence-corrected chi connectivity index (χ2v) is 4.70. The van der Waals surface area contributed by atoms with Gasteiger partial charge in [0.25, 0.3) is 0 Å². The van der Waals surface area contributed by atoms with E-state index in [2.05, 4.69) is 15.8 Å². The summed E-state index contributed by atoms with van der Waals surface area (Å²) in [5.41, 5.74) is 0. The fourth-order valence-corrected chi connectivity index (χ4v) is 1.55. The van der Waals surface area contributed by atoms with Crippen molar-refractivity contribution < 1.29 is 24.6 Å². The topological polar surface area (TPSA) is 120 Å². The third-order valence-electron chi connectivity index (χ3n) is 2.39.